The van der Waals surface area contributed by atoms with Crippen LogP contribution < -0.4 is 10.1 Å². The van der Waals surface area contributed by atoms with Gasteiger partial charge in [0.15, 0.2) is 0 Å². The summed E-state index contributed by atoms with van der Waals surface area (Å²) in [7, 11) is 1.65. The van der Waals surface area contributed by atoms with Gasteiger partial charge in [0.05, 0.1) is 13.2 Å². The third kappa shape index (κ3) is 5.98. The molecule has 0 aliphatic carbocycles. The predicted octanol–water partition coefficient (Wildman–Crippen LogP) is 7.16. The standard InChI is InChI=1S/C28H24ClNO2S/c1-32-26-17-12-22(18-23(26)19-33-25-15-13-24(29)14-16-25)28(31)30-27(20-8-4-2-5-9-20)21-10-6-3-7-11-21/h2-18,27H,19H2,1H3,(H,30,31). The van der Waals surface area contributed by atoms with E-state index in [9.17, 15) is 4.79 Å². The Balaban J connectivity index is 1.56. The van der Waals surface area contributed by atoms with Crippen LogP contribution >= 0.6 is 23.4 Å². The van der Waals surface area contributed by atoms with Gasteiger partial charge in [0.2, 0.25) is 0 Å². The molecule has 4 rings (SSSR count). The largest absolute Gasteiger partial charge is 0.496 e. The van der Waals surface area contributed by atoms with E-state index in [-0.39, 0.29) is 11.9 Å². The van der Waals surface area contributed by atoms with Crippen LogP contribution in [0.15, 0.2) is 108 Å². The summed E-state index contributed by atoms with van der Waals surface area (Å²) in [6.07, 6.45) is 0. The molecule has 1 N–H and O–H groups in total. The average molecular weight is 474 g/mol. The predicted molar refractivity (Wildman–Crippen MR) is 136 cm³/mol. The van der Waals surface area contributed by atoms with Crippen LogP contribution in [0.25, 0.3) is 0 Å². The number of rotatable bonds is 8. The number of methoxy groups -OCH3 is 1. The number of hydrogen-bond donors (Lipinski definition) is 1. The molecule has 166 valence electrons. The van der Waals surface area contributed by atoms with E-state index >= 15 is 0 Å². The van der Waals surface area contributed by atoms with Gasteiger partial charge in [-0.25, -0.2) is 0 Å². The molecular weight excluding hydrogens is 450 g/mol. The first kappa shape index (κ1) is 23.0. The molecule has 1 amide bonds. The molecule has 0 fully saturated rings. The Morgan fingerprint density at radius 3 is 2.06 bits per heavy atom. The number of benzene rings is 4. The molecule has 0 saturated carbocycles. The summed E-state index contributed by atoms with van der Waals surface area (Å²) in [5.74, 6) is 1.30. The summed E-state index contributed by atoms with van der Waals surface area (Å²) in [5.41, 5.74) is 3.62. The van der Waals surface area contributed by atoms with Crippen molar-refractivity contribution in [1.82, 2.24) is 5.32 Å². The van der Waals surface area contributed by atoms with E-state index in [4.69, 9.17) is 16.3 Å². The van der Waals surface area contributed by atoms with Crippen molar-refractivity contribution >= 4 is 29.3 Å². The first-order chi connectivity index (χ1) is 16.1. The normalized spacial score (nSPS) is 10.8. The van der Waals surface area contributed by atoms with Crippen LogP contribution in [0.1, 0.15) is 33.1 Å². The molecule has 0 aromatic heterocycles. The molecule has 0 aliphatic rings. The minimum atomic E-state index is -0.242. The summed E-state index contributed by atoms with van der Waals surface area (Å²) < 4.78 is 5.54. The van der Waals surface area contributed by atoms with E-state index < -0.39 is 0 Å². The van der Waals surface area contributed by atoms with E-state index in [1.165, 1.54) is 0 Å². The fourth-order valence-corrected chi connectivity index (χ4v) is 4.59. The smallest absolute Gasteiger partial charge is 0.252 e. The number of nitrogens with one attached hydrogen (secondary N) is 1. The van der Waals surface area contributed by atoms with Gasteiger partial charge < -0.3 is 10.1 Å². The lowest BCUT2D eigenvalue weighted by atomic mass is 9.98. The summed E-state index contributed by atoms with van der Waals surface area (Å²) in [6, 6.07) is 33.0. The number of amides is 1. The first-order valence-electron chi connectivity index (χ1n) is 10.6. The maximum atomic E-state index is 13.3. The molecule has 33 heavy (non-hydrogen) atoms. The van der Waals surface area contributed by atoms with E-state index in [1.807, 2.05) is 97.1 Å². The quantitative estimate of drug-likeness (QED) is 0.276. The van der Waals surface area contributed by atoms with Crippen LogP contribution in [0.2, 0.25) is 5.02 Å². The summed E-state index contributed by atoms with van der Waals surface area (Å²) in [6.45, 7) is 0. The highest BCUT2D eigenvalue weighted by Crippen LogP contribution is 2.30. The van der Waals surface area contributed by atoms with Gasteiger partial charge in [-0.15, -0.1) is 11.8 Å². The van der Waals surface area contributed by atoms with Gasteiger partial charge in [-0.3, -0.25) is 4.79 Å². The molecule has 4 aromatic carbocycles. The second-order valence-corrected chi connectivity index (χ2v) is 8.98. The fourth-order valence-electron chi connectivity index (χ4n) is 3.59. The van der Waals surface area contributed by atoms with Gasteiger partial charge in [0.25, 0.3) is 5.91 Å². The Morgan fingerprint density at radius 1 is 0.879 bits per heavy atom. The Bertz CT molecular complexity index is 1160. The molecule has 0 aliphatic heterocycles. The third-order valence-corrected chi connectivity index (χ3v) is 6.60. The Hall–Kier alpha value is -3.21. The second kappa shape index (κ2) is 11.1. The second-order valence-electron chi connectivity index (χ2n) is 7.50. The van der Waals surface area contributed by atoms with Crippen molar-refractivity contribution in [3.8, 4) is 5.75 Å². The zero-order valence-electron chi connectivity index (χ0n) is 18.2. The van der Waals surface area contributed by atoms with E-state index in [2.05, 4.69) is 5.32 Å². The Morgan fingerprint density at radius 2 is 1.48 bits per heavy atom. The Labute approximate surface area is 203 Å². The van der Waals surface area contributed by atoms with Crippen LogP contribution in [-0.4, -0.2) is 13.0 Å². The number of ether oxygens (including phenoxy) is 1. The van der Waals surface area contributed by atoms with Crippen LogP contribution in [0, 0.1) is 0 Å². The highest BCUT2D eigenvalue weighted by molar-refractivity contribution is 7.98. The molecule has 3 nitrogen and oxygen atoms in total. The van der Waals surface area contributed by atoms with Crippen molar-refractivity contribution in [2.45, 2.75) is 16.7 Å². The molecule has 0 spiro atoms. The van der Waals surface area contributed by atoms with Crippen molar-refractivity contribution < 1.29 is 9.53 Å². The number of halogens is 1. The minimum absolute atomic E-state index is 0.131. The Kier molecular flexibility index (Phi) is 7.71. The number of carbonyl (C=O) groups is 1. The van der Waals surface area contributed by atoms with Gasteiger partial charge in [-0.2, -0.15) is 0 Å². The lowest BCUT2D eigenvalue weighted by Gasteiger charge is -2.20. The lowest BCUT2D eigenvalue weighted by molar-refractivity contribution is 0.0943. The van der Waals surface area contributed by atoms with Crippen molar-refractivity contribution in [3.05, 3.63) is 130 Å². The molecule has 5 heteroatoms. The molecule has 0 unspecified atom stereocenters. The molecule has 4 aromatic rings. The zero-order chi connectivity index (χ0) is 23.0. The molecule has 0 radical (unpaired) electrons. The SMILES string of the molecule is COc1ccc(C(=O)NC(c2ccccc2)c2ccccc2)cc1CSc1ccc(Cl)cc1. The van der Waals surface area contributed by atoms with Gasteiger partial charge in [0, 0.05) is 26.8 Å². The number of thioether (sulfide) groups is 1. The minimum Gasteiger partial charge on any atom is -0.496 e. The average Bonchev–Trinajstić information content (AvgIpc) is 2.87. The molecule has 0 heterocycles. The maximum absolute atomic E-state index is 13.3. The molecule has 0 atom stereocenters. The van der Waals surface area contributed by atoms with E-state index in [0.29, 0.717) is 16.3 Å². The van der Waals surface area contributed by atoms with Crippen LogP contribution in [0.5, 0.6) is 5.75 Å². The highest BCUT2D eigenvalue weighted by Gasteiger charge is 2.18. The first-order valence-corrected chi connectivity index (χ1v) is 12.0. The zero-order valence-corrected chi connectivity index (χ0v) is 19.8. The summed E-state index contributed by atoms with van der Waals surface area (Å²) in [5, 5.41) is 3.92. The topological polar surface area (TPSA) is 38.3 Å². The van der Waals surface area contributed by atoms with Crippen molar-refractivity contribution in [2.24, 2.45) is 0 Å². The maximum Gasteiger partial charge on any atom is 0.252 e. The van der Waals surface area contributed by atoms with Crippen molar-refractivity contribution in [1.29, 1.82) is 0 Å². The van der Waals surface area contributed by atoms with Crippen LogP contribution in [0.4, 0.5) is 0 Å². The van der Waals surface area contributed by atoms with Gasteiger partial charge >= 0.3 is 0 Å². The third-order valence-electron chi connectivity index (χ3n) is 5.29. The lowest BCUT2D eigenvalue weighted by Crippen LogP contribution is -2.29. The summed E-state index contributed by atoms with van der Waals surface area (Å²) >= 11 is 7.66. The van der Waals surface area contributed by atoms with Gasteiger partial charge in [-0.05, 0) is 53.6 Å². The van der Waals surface area contributed by atoms with Gasteiger partial charge in [0.1, 0.15) is 5.75 Å². The molecule has 0 saturated heterocycles. The fraction of sp³-hybridized carbons (Fsp3) is 0.107. The van der Waals surface area contributed by atoms with Gasteiger partial charge in [-0.1, -0.05) is 72.3 Å². The highest BCUT2D eigenvalue weighted by atomic mass is 35.5. The van der Waals surface area contributed by atoms with Crippen molar-refractivity contribution in [3.63, 3.8) is 0 Å². The number of hydrogen-bond acceptors (Lipinski definition) is 3. The van der Waals surface area contributed by atoms with Crippen molar-refractivity contribution in [2.75, 3.05) is 7.11 Å². The number of carbonyl (C=O) groups excluding carboxylic acids is 1. The molecular formula is C28H24ClNO2S. The monoisotopic (exact) mass is 473 g/mol. The van der Waals surface area contributed by atoms with Crippen LogP contribution in [0.3, 0.4) is 0 Å². The summed E-state index contributed by atoms with van der Waals surface area (Å²) in [4.78, 5) is 14.4. The van der Waals surface area contributed by atoms with E-state index in [0.717, 1.165) is 27.3 Å². The van der Waals surface area contributed by atoms with E-state index in [1.54, 1.807) is 24.9 Å². The van der Waals surface area contributed by atoms with Crippen LogP contribution in [-0.2, 0) is 5.75 Å². The molecule has 0 bridgehead atoms.